The molecule has 0 fully saturated rings. The summed E-state index contributed by atoms with van der Waals surface area (Å²) in [5.74, 6) is -0.00162. The van der Waals surface area contributed by atoms with Crippen LogP contribution in [0.3, 0.4) is 0 Å². The van der Waals surface area contributed by atoms with Gasteiger partial charge < -0.3 is 14.0 Å². The maximum absolute atomic E-state index is 14.5. The molecule has 46 heavy (non-hydrogen) atoms. The average Bonchev–Trinajstić information content (AvgIpc) is 3.50. The summed E-state index contributed by atoms with van der Waals surface area (Å²) in [6, 6.07) is 20.9. The van der Waals surface area contributed by atoms with Gasteiger partial charge in [-0.05, 0) is 68.3 Å². The monoisotopic (exact) mass is 717 g/mol. The van der Waals surface area contributed by atoms with E-state index in [2.05, 4.69) is 51.7 Å². The van der Waals surface area contributed by atoms with Gasteiger partial charge in [-0.25, -0.2) is 9.79 Å². The molecule has 7 nitrogen and oxygen atoms in total. The van der Waals surface area contributed by atoms with Crippen molar-refractivity contribution in [1.82, 2.24) is 9.13 Å². The predicted octanol–water partition coefficient (Wildman–Crippen LogP) is 7.31. The molecule has 1 atom stereocenters. The Bertz CT molecular complexity index is 2180. The molecule has 1 aliphatic rings. The number of para-hydroxylation sites is 1. The Morgan fingerprint density at radius 3 is 2.59 bits per heavy atom. The second-order valence-corrected chi connectivity index (χ2v) is 13.4. The summed E-state index contributed by atoms with van der Waals surface area (Å²) >= 11 is 11.3. The fourth-order valence-corrected chi connectivity index (χ4v) is 7.53. The minimum absolute atomic E-state index is 0.190. The summed E-state index contributed by atoms with van der Waals surface area (Å²) < 4.78 is 16.7. The van der Waals surface area contributed by atoms with Gasteiger partial charge in [0.1, 0.15) is 11.8 Å². The standard InChI is InChI=1S/C36H33BrClN3O4S/c1-5-9-28-32(35(43)45-6-2)33(27-18-24(38)16-17-30(27)44-4)41-34(42)31(46-36(41)39-28)19-26-21(3)40(29-11-8-7-10-25(26)29)20-22-12-14-23(37)15-13-22/h7-8,10-19,33H,5-6,9,20H2,1-4H3/b31-19+/t33-/m0/s1. The molecule has 6 rings (SSSR count). The van der Waals surface area contributed by atoms with Crippen LogP contribution in [-0.2, 0) is 16.1 Å². The zero-order valence-corrected chi connectivity index (χ0v) is 29.1. The summed E-state index contributed by atoms with van der Waals surface area (Å²) in [5.41, 5.74) is 5.53. The number of rotatable bonds is 9. The van der Waals surface area contributed by atoms with Gasteiger partial charge in [0, 0.05) is 43.8 Å². The molecule has 0 unspecified atom stereocenters. The number of hydrogen-bond donors (Lipinski definition) is 0. The summed E-state index contributed by atoms with van der Waals surface area (Å²) in [7, 11) is 1.56. The van der Waals surface area contributed by atoms with E-state index in [0.29, 0.717) is 49.9 Å². The third kappa shape index (κ3) is 5.87. The summed E-state index contributed by atoms with van der Waals surface area (Å²) in [6.45, 7) is 6.75. The highest BCUT2D eigenvalue weighted by atomic mass is 79.9. The molecule has 0 bridgehead atoms. The molecule has 2 aromatic heterocycles. The van der Waals surface area contributed by atoms with Crippen LogP contribution >= 0.6 is 38.9 Å². The van der Waals surface area contributed by atoms with Gasteiger partial charge in [0.05, 0.1) is 29.5 Å². The van der Waals surface area contributed by atoms with Crippen LogP contribution in [0.2, 0.25) is 5.02 Å². The molecule has 3 aromatic carbocycles. The van der Waals surface area contributed by atoms with Crippen molar-refractivity contribution in [1.29, 1.82) is 0 Å². The number of aromatic nitrogens is 2. The number of esters is 1. The quantitative estimate of drug-likeness (QED) is 0.150. The second kappa shape index (κ2) is 13.4. The number of thiazole rings is 1. The van der Waals surface area contributed by atoms with Crippen molar-refractivity contribution in [2.45, 2.75) is 46.2 Å². The Kier molecular flexibility index (Phi) is 9.36. The van der Waals surface area contributed by atoms with Crippen LogP contribution in [0.25, 0.3) is 17.0 Å². The number of methoxy groups -OCH3 is 1. The molecule has 3 heterocycles. The number of hydrogen-bond acceptors (Lipinski definition) is 6. The number of ether oxygens (including phenoxy) is 2. The highest BCUT2D eigenvalue weighted by Crippen LogP contribution is 2.38. The highest BCUT2D eigenvalue weighted by molar-refractivity contribution is 9.10. The zero-order chi connectivity index (χ0) is 32.5. The van der Waals surface area contributed by atoms with E-state index in [-0.39, 0.29) is 12.2 Å². The first-order valence-electron chi connectivity index (χ1n) is 15.1. The lowest BCUT2D eigenvalue weighted by Gasteiger charge is -2.27. The lowest BCUT2D eigenvalue weighted by Crippen LogP contribution is -2.40. The van der Waals surface area contributed by atoms with Crippen molar-refractivity contribution in [3.8, 4) is 5.75 Å². The topological polar surface area (TPSA) is 74.8 Å². The number of carbonyl (C=O) groups is 1. The third-order valence-electron chi connectivity index (χ3n) is 8.19. The molecule has 1 aliphatic heterocycles. The SMILES string of the molecule is CCCC1=C(C(=O)OCC)[C@H](c2cc(Cl)ccc2OC)n2c(s/c(=C/c3c(C)n(Cc4ccc(Br)cc4)c4ccccc34)c2=O)=N1. The van der Waals surface area contributed by atoms with Crippen molar-refractivity contribution in [3.63, 3.8) is 0 Å². The van der Waals surface area contributed by atoms with Gasteiger partial charge in [-0.1, -0.05) is 82.5 Å². The molecular weight excluding hydrogens is 686 g/mol. The van der Waals surface area contributed by atoms with Crippen molar-refractivity contribution >= 4 is 61.8 Å². The predicted molar refractivity (Wildman–Crippen MR) is 188 cm³/mol. The van der Waals surface area contributed by atoms with Crippen LogP contribution in [0.15, 0.2) is 92.3 Å². The molecule has 0 aliphatic carbocycles. The van der Waals surface area contributed by atoms with Crippen LogP contribution in [-0.4, -0.2) is 28.8 Å². The fraction of sp³-hybridized carbons (Fsp3) is 0.250. The van der Waals surface area contributed by atoms with Crippen molar-refractivity contribution in [2.75, 3.05) is 13.7 Å². The van der Waals surface area contributed by atoms with Crippen LogP contribution in [0.1, 0.15) is 55.1 Å². The second-order valence-electron chi connectivity index (χ2n) is 11.0. The maximum atomic E-state index is 14.5. The fourth-order valence-electron chi connectivity index (χ4n) is 6.08. The van der Waals surface area contributed by atoms with Crippen LogP contribution in [0, 0.1) is 6.92 Å². The number of carbonyl (C=O) groups excluding carboxylic acids is 1. The molecule has 236 valence electrons. The number of benzene rings is 3. The molecule has 0 radical (unpaired) electrons. The molecule has 0 saturated carbocycles. The number of fused-ring (bicyclic) bond motifs is 2. The molecule has 0 N–H and O–H groups in total. The summed E-state index contributed by atoms with van der Waals surface area (Å²) in [6.07, 6.45) is 3.26. The number of allylic oxidation sites excluding steroid dienone is 1. The van der Waals surface area contributed by atoms with Crippen LogP contribution in [0.4, 0.5) is 0 Å². The van der Waals surface area contributed by atoms with Gasteiger partial charge in [-0.15, -0.1) is 0 Å². The lowest BCUT2D eigenvalue weighted by molar-refractivity contribution is -0.139. The number of halogens is 2. The first-order valence-corrected chi connectivity index (χ1v) is 17.1. The van der Waals surface area contributed by atoms with E-state index in [1.165, 1.54) is 16.9 Å². The Labute approximate surface area is 284 Å². The van der Waals surface area contributed by atoms with Gasteiger partial charge in [0.25, 0.3) is 5.56 Å². The molecule has 0 amide bonds. The zero-order valence-electron chi connectivity index (χ0n) is 26.0. The summed E-state index contributed by atoms with van der Waals surface area (Å²) in [5, 5.41) is 1.51. The average molecular weight is 719 g/mol. The van der Waals surface area contributed by atoms with E-state index in [1.54, 1.807) is 36.8 Å². The first-order chi connectivity index (χ1) is 22.2. The minimum atomic E-state index is -0.826. The van der Waals surface area contributed by atoms with Crippen molar-refractivity contribution < 1.29 is 14.3 Å². The Morgan fingerprint density at radius 2 is 1.87 bits per heavy atom. The van der Waals surface area contributed by atoms with E-state index in [4.69, 9.17) is 26.1 Å². The van der Waals surface area contributed by atoms with Crippen molar-refractivity contribution in [3.05, 3.63) is 130 Å². The van der Waals surface area contributed by atoms with E-state index in [0.717, 1.165) is 33.1 Å². The molecule has 0 saturated heterocycles. The third-order valence-corrected chi connectivity index (χ3v) is 9.93. The molecular formula is C36H33BrClN3O4S. The van der Waals surface area contributed by atoms with Crippen LogP contribution < -0.4 is 19.6 Å². The van der Waals surface area contributed by atoms with Gasteiger partial charge in [-0.3, -0.25) is 9.36 Å². The van der Waals surface area contributed by atoms with Gasteiger partial charge in [0.2, 0.25) is 0 Å². The molecule has 0 spiro atoms. The maximum Gasteiger partial charge on any atom is 0.338 e. The van der Waals surface area contributed by atoms with E-state index in [9.17, 15) is 9.59 Å². The first kappa shape index (κ1) is 32.0. The van der Waals surface area contributed by atoms with Crippen molar-refractivity contribution in [2.24, 2.45) is 4.99 Å². The van der Waals surface area contributed by atoms with Gasteiger partial charge >= 0.3 is 5.97 Å². The van der Waals surface area contributed by atoms with Gasteiger partial charge in [0.15, 0.2) is 4.80 Å². The van der Waals surface area contributed by atoms with E-state index in [1.807, 2.05) is 37.3 Å². The number of nitrogens with zero attached hydrogens (tertiary/aromatic N) is 3. The Hall–Kier alpha value is -3.92. The van der Waals surface area contributed by atoms with Gasteiger partial charge in [-0.2, -0.15) is 0 Å². The Morgan fingerprint density at radius 1 is 1.11 bits per heavy atom. The summed E-state index contributed by atoms with van der Waals surface area (Å²) in [4.78, 5) is 33.5. The van der Waals surface area contributed by atoms with E-state index < -0.39 is 12.0 Å². The van der Waals surface area contributed by atoms with E-state index >= 15 is 0 Å². The molecule has 5 aromatic rings. The Balaban J connectivity index is 1.59. The highest BCUT2D eigenvalue weighted by Gasteiger charge is 2.36. The molecule has 10 heteroatoms. The largest absolute Gasteiger partial charge is 0.496 e. The van der Waals surface area contributed by atoms with Crippen LogP contribution in [0.5, 0.6) is 5.75 Å². The lowest BCUT2D eigenvalue weighted by atomic mass is 9.93. The smallest absolute Gasteiger partial charge is 0.338 e. The minimum Gasteiger partial charge on any atom is -0.496 e. The normalized spacial score (nSPS) is 14.8.